The van der Waals surface area contributed by atoms with Crippen molar-refractivity contribution in [2.75, 3.05) is 6.54 Å². The van der Waals surface area contributed by atoms with Crippen molar-refractivity contribution >= 4 is 46.8 Å². The van der Waals surface area contributed by atoms with Crippen LogP contribution < -0.4 is 20.7 Å². The number of ketones is 2. The minimum Gasteiger partial charge on any atom is -0.472 e. The Morgan fingerprint density at radius 3 is 2.22 bits per heavy atom. The molecule has 300 valence electrons. The number of pyridine rings is 1. The molecule has 1 fully saturated rings. The van der Waals surface area contributed by atoms with Gasteiger partial charge in [-0.2, -0.15) is 0 Å². The average molecular weight is 782 g/mol. The second-order valence-electron chi connectivity index (χ2n) is 14.9. The van der Waals surface area contributed by atoms with Crippen molar-refractivity contribution < 1.29 is 33.5 Å². The van der Waals surface area contributed by atoms with Crippen LogP contribution in [0.4, 0.5) is 0 Å². The Balaban J connectivity index is 1.98. The Bertz CT molecular complexity index is 1630. The molecule has 55 heavy (non-hydrogen) atoms. The van der Waals surface area contributed by atoms with E-state index in [1.54, 1.807) is 39.0 Å². The summed E-state index contributed by atoms with van der Waals surface area (Å²) in [5.41, 5.74) is -0.822. The number of nitrogens with zero attached hydrogens (tertiary/aromatic N) is 4. The van der Waals surface area contributed by atoms with Gasteiger partial charge in [-0.05, 0) is 43.1 Å². The van der Waals surface area contributed by atoms with E-state index in [2.05, 4.69) is 37.5 Å². The number of likely N-dealkylation sites (tertiary alicyclic amines) is 1. The summed E-state index contributed by atoms with van der Waals surface area (Å²) in [6.07, 6.45) is 10.3. The van der Waals surface area contributed by atoms with Gasteiger partial charge in [-0.25, -0.2) is 9.97 Å². The van der Waals surface area contributed by atoms with Crippen LogP contribution in [0, 0.1) is 11.3 Å². The fourth-order valence-corrected chi connectivity index (χ4v) is 6.76. The first-order chi connectivity index (χ1) is 26.1. The summed E-state index contributed by atoms with van der Waals surface area (Å²) in [5.74, 6) is -3.66. The molecular formula is C40H56ClN7O7. The van der Waals surface area contributed by atoms with Gasteiger partial charge in [0, 0.05) is 37.5 Å². The SMILES string of the molecule is C=CCCC(=O)C(=O)[C@H](CCC)NC(=O)[C@@H]1C[C@@H](Oc2ccc(Cl)cn2)CN1C(=O)[C@@H](NC(=O)[C@@H](NC(=O)c1cnccn1)C(CCC)CCC)C(C)(C)C. The van der Waals surface area contributed by atoms with Crippen LogP contribution >= 0.6 is 11.6 Å². The monoisotopic (exact) mass is 781 g/mol. The van der Waals surface area contributed by atoms with E-state index in [1.165, 1.54) is 29.7 Å². The molecular weight excluding hydrogens is 726 g/mol. The van der Waals surface area contributed by atoms with Crippen molar-refractivity contribution in [2.45, 2.75) is 130 Å². The van der Waals surface area contributed by atoms with Gasteiger partial charge in [-0.1, -0.05) is 78.5 Å². The van der Waals surface area contributed by atoms with Gasteiger partial charge in [0.15, 0.2) is 0 Å². The van der Waals surface area contributed by atoms with Crippen molar-refractivity contribution in [3.05, 3.63) is 60.3 Å². The molecule has 2 aromatic heterocycles. The standard InChI is InChI=1S/C40H56ClN7O7/c1-8-12-16-31(49)34(50)28(15-11-4)45-37(52)30-21-27(55-32-18-17-26(41)22-44-32)24-48(30)39(54)35(40(5,6)7)47-38(53)33(25(13-9-2)14-10-3)46-36(51)29-23-42-19-20-43-29/h8,17-20,22-23,25,27-28,30,33,35H,1,9-16,21,24H2,2-7H3,(H,45,52)(H,46,51)(H,47,53)/t27-,28+,30+,33+,35-/m1/s1. The number of ether oxygens (including phenoxy) is 1. The molecule has 0 aliphatic carbocycles. The number of Topliss-reactive ketones (excluding diaryl/α,β-unsaturated/α-hetero) is 2. The third-order valence-electron chi connectivity index (χ3n) is 9.45. The first-order valence-corrected chi connectivity index (χ1v) is 19.5. The highest BCUT2D eigenvalue weighted by Crippen LogP contribution is 2.29. The first kappa shape index (κ1) is 44.7. The number of hydrogen-bond donors (Lipinski definition) is 3. The second-order valence-corrected chi connectivity index (χ2v) is 15.4. The number of carbonyl (C=O) groups excluding carboxylic acids is 6. The van der Waals surface area contributed by atoms with E-state index in [-0.39, 0.29) is 43.3 Å². The molecule has 2 aromatic rings. The highest BCUT2D eigenvalue weighted by molar-refractivity contribution is 6.39. The maximum absolute atomic E-state index is 14.8. The minimum atomic E-state index is -1.16. The number of amides is 4. The molecule has 3 heterocycles. The van der Waals surface area contributed by atoms with Crippen molar-refractivity contribution in [2.24, 2.45) is 11.3 Å². The summed E-state index contributed by atoms with van der Waals surface area (Å²) in [4.78, 5) is 95.9. The largest absolute Gasteiger partial charge is 0.472 e. The van der Waals surface area contributed by atoms with Gasteiger partial charge < -0.3 is 25.6 Å². The van der Waals surface area contributed by atoms with E-state index in [9.17, 15) is 28.8 Å². The molecule has 1 saturated heterocycles. The molecule has 0 radical (unpaired) electrons. The van der Waals surface area contributed by atoms with Crippen LogP contribution in [0.5, 0.6) is 5.88 Å². The zero-order valence-corrected chi connectivity index (χ0v) is 33.6. The lowest BCUT2D eigenvalue weighted by atomic mass is 9.84. The van der Waals surface area contributed by atoms with E-state index >= 15 is 0 Å². The predicted octanol–water partition coefficient (Wildman–Crippen LogP) is 4.81. The molecule has 0 saturated carbocycles. The van der Waals surface area contributed by atoms with E-state index in [4.69, 9.17) is 16.3 Å². The zero-order chi connectivity index (χ0) is 40.7. The molecule has 1 aliphatic heterocycles. The van der Waals surface area contributed by atoms with Crippen LogP contribution in [0.1, 0.15) is 110 Å². The van der Waals surface area contributed by atoms with Crippen LogP contribution in [-0.2, 0) is 24.0 Å². The first-order valence-electron chi connectivity index (χ1n) is 19.1. The van der Waals surface area contributed by atoms with Gasteiger partial charge in [-0.15, -0.1) is 6.58 Å². The topological polar surface area (TPSA) is 190 Å². The molecule has 3 rings (SSSR count). The third kappa shape index (κ3) is 12.9. The van der Waals surface area contributed by atoms with Crippen LogP contribution in [-0.4, -0.2) is 91.9 Å². The number of hydrogen-bond acceptors (Lipinski definition) is 10. The maximum atomic E-state index is 14.8. The quantitative estimate of drug-likeness (QED) is 0.117. The van der Waals surface area contributed by atoms with Gasteiger partial charge in [0.25, 0.3) is 5.91 Å². The van der Waals surface area contributed by atoms with Gasteiger partial charge in [0.2, 0.25) is 35.2 Å². The molecule has 1 aliphatic rings. The lowest BCUT2D eigenvalue weighted by Gasteiger charge is -2.37. The molecule has 4 amide bonds. The molecule has 5 atom stereocenters. The predicted molar refractivity (Wildman–Crippen MR) is 208 cm³/mol. The minimum absolute atomic E-state index is 0.0268. The van der Waals surface area contributed by atoms with E-state index in [0.717, 1.165) is 12.8 Å². The van der Waals surface area contributed by atoms with Gasteiger partial charge in [-0.3, -0.25) is 33.8 Å². The Kier molecular flexibility index (Phi) is 17.4. The fraction of sp³-hybridized carbons (Fsp3) is 0.575. The molecule has 0 aromatic carbocycles. The number of nitrogens with one attached hydrogen (secondary N) is 3. The van der Waals surface area contributed by atoms with Crippen molar-refractivity contribution in [1.29, 1.82) is 0 Å². The van der Waals surface area contributed by atoms with Crippen molar-refractivity contribution in [3.8, 4) is 5.88 Å². The summed E-state index contributed by atoms with van der Waals surface area (Å²) < 4.78 is 6.11. The van der Waals surface area contributed by atoms with Gasteiger partial charge in [0.05, 0.1) is 23.8 Å². The summed E-state index contributed by atoms with van der Waals surface area (Å²) in [6.45, 7) is 14.8. The van der Waals surface area contributed by atoms with E-state index in [1.807, 2.05) is 20.8 Å². The molecule has 0 unspecified atom stereocenters. The van der Waals surface area contributed by atoms with Crippen LogP contribution in [0.15, 0.2) is 49.6 Å². The van der Waals surface area contributed by atoms with Crippen LogP contribution in [0.3, 0.4) is 0 Å². The highest BCUT2D eigenvalue weighted by Gasteiger charge is 2.47. The van der Waals surface area contributed by atoms with Gasteiger partial charge >= 0.3 is 0 Å². The molecule has 15 heteroatoms. The number of rotatable bonds is 21. The van der Waals surface area contributed by atoms with E-state index in [0.29, 0.717) is 30.7 Å². The highest BCUT2D eigenvalue weighted by atomic mass is 35.5. The lowest BCUT2D eigenvalue weighted by Crippen LogP contribution is -2.61. The molecule has 0 bridgehead atoms. The van der Waals surface area contributed by atoms with Crippen LogP contribution in [0.25, 0.3) is 0 Å². The zero-order valence-electron chi connectivity index (χ0n) is 32.8. The number of carbonyl (C=O) groups is 6. The summed E-state index contributed by atoms with van der Waals surface area (Å²) in [7, 11) is 0. The smallest absolute Gasteiger partial charge is 0.272 e. The Labute approximate surface area is 329 Å². The fourth-order valence-electron chi connectivity index (χ4n) is 6.65. The summed E-state index contributed by atoms with van der Waals surface area (Å²) in [5, 5.41) is 8.95. The summed E-state index contributed by atoms with van der Waals surface area (Å²) >= 11 is 6.02. The third-order valence-corrected chi connectivity index (χ3v) is 9.68. The average Bonchev–Trinajstić information content (AvgIpc) is 3.58. The molecule has 3 N–H and O–H groups in total. The summed E-state index contributed by atoms with van der Waals surface area (Å²) in [6, 6.07) is -1.20. The Hall–Kier alpha value is -4.72. The molecule has 0 spiro atoms. The van der Waals surface area contributed by atoms with Crippen molar-refractivity contribution in [3.63, 3.8) is 0 Å². The van der Waals surface area contributed by atoms with Crippen molar-refractivity contribution in [1.82, 2.24) is 35.8 Å². The second kappa shape index (κ2) is 21.4. The number of halogens is 1. The lowest BCUT2D eigenvalue weighted by molar-refractivity contribution is -0.145. The molecule has 14 nitrogen and oxygen atoms in total. The Morgan fingerprint density at radius 1 is 0.964 bits per heavy atom. The van der Waals surface area contributed by atoms with E-state index < -0.39 is 70.9 Å². The number of aromatic nitrogens is 3. The van der Waals surface area contributed by atoms with Crippen LogP contribution in [0.2, 0.25) is 5.02 Å². The van der Waals surface area contributed by atoms with Gasteiger partial charge in [0.1, 0.15) is 29.9 Å². The number of allylic oxidation sites excluding steroid dienone is 1. The Morgan fingerprint density at radius 2 is 1.65 bits per heavy atom. The maximum Gasteiger partial charge on any atom is 0.272 e. The normalized spacial score (nSPS) is 17.1.